The highest BCUT2D eigenvalue weighted by molar-refractivity contribution is 5.94. The van der Waals surface area contributed by atoms with Crippen LogP contribution >= 0.6 is 0 Å². The van der Waals surface area contributed by atoms with Crippen LogP contribution in [0.1, 0.15) is 31.1 Å². The third-order valence-electron chi connectivity index (χ3n) is 2.47. The number of nitrogens with zero attached hydrogens (tertiary/aromatic N) is 1. The first-order chi connectivity index (χ1) is 9.20. The molecule has 1 aromatic carbocycles. The Morgan fingerprint density at radius 2 is 2.00 bits per heavy atom. The molecular formula is C13H18FN3O3. The second-order valence-electron chi connectivity index (χ2n) is 5.35. The molecule has 1 rings (SSSR count). The summed E-state index contributed by atoms with van der Waals surface area (Å²) in [5.41, 5.74) is -0.650. The van der Waals surface area contributed by atoms with E-state index in [-0.39, 0.29) is 16.8 Å². The third-order valence-corrected chi connectivity index (χ3v) is 2.47. The Morgan fingerprint density at radius 1 is 1.35 bits per heavy atom. The lowest BCUT2D eigenvalue weighted by Crippen LogP contribution is -2.41. The Bertz CT molecular complexity index is 512. The van der Waals surface area contributed by atoms with Crippen LogP contribution in [0.25, 0.3) is 0 Å². The van der Waals surface area contributed by atoms with Gasteiger partial charge in [-0.25, -0.2) is 4.39 Å². The molecule has 110 valence electrons. The van der Waals surface area contributed by atoms with Gasteiger partial charge in [0.1, 0.15) is 5.82 Å². The molecule has 0 radical (unpaired) electrons. The summed E-state index contributed by atoms with van der Waals surface area (Å²) in [5, 5.41) is 16.2. The van der Waals surface area contributed by atoms with Crippen molar-refractivity contribution in [2.75, 3.05) is 13.1 Å². The number of hydrogen-bond acceptors (Lipinski definition) is 4. The summed E-state index contributed by atoms with van der Waals surface area (Å²) in [6, 6.07) is 2.95. The van der Waals surface area contributed by atoms with Gasteiger partial charge in [-0.1, -0.05) is 0 Å². The van der Waals surface area contributed by atoms with Crippen molar-refractivity contribution < 1.29 is 14.1 Å². The molecule has 0 aromatic heterocycles. The number of benzene rings is 1. The molecule has 0 aliphatic carbocycles. The van der Waals surface area contributed by atoms with E-state index >= 15 is 0 Å². The summed E-state index contributed by atoms with van der Waals surface area (Å²) < 4.78 is 13.6. The van der Waals surface area contributed by atoms with Crippen molar-refractivity contribution in [1.29, 1.82) is 0 Å². The van der Waals surface area contributed by atoms with Crippen LogP contribution in [-0.2, 0) is 0 Å². The fourth-order valence-electron chi connectivity index (χ4n) is 1.51. The average molecular weight is 283 g/mol. The molecule has 1 amide bonds. The van der Waals surface area contributed by atoms with Gasteiger partial charge >= 0.3 is 0 Å². The number of nitrogens with one attached hydrogen (secondary N) is 2. The van der Waals surface area contributed by atoms with E-state index in [1.807, 2.05) is 20.8 Å². The highest BCUT2D eigenvalue weighted by atomic mass is 19.1. The summed E-state index contributed by atoms with van der Waals surface area (Å²) in [5.74, 6) is -1.49. The number of carbonyl (C=O) groups is 1. The van der Waals surface area contributed by atoms with Gasteiger partial charge in [-0.2, -0.15) is 0 Å². The first-order valence-corrected chi connectivity index (χ1v) is 6.18. The standard InChI is InChI=1S/C13H18FN3O3/c1-13(2,3)16-7-6-15-12(18)10-5-4-9(17(19)20)8-11(10)14/h4-5,8,16H,6-7H2,1-3H3,(H,15,18). The van der Waals surface area contributed by atoms with Crippen LogP contribution in [0.5, 0.6) is 0 Å². The molecular weight excluding hydrogens is 265 g/mol. The average Bonchev–Trinajstić information content (AvgIpc) is 2.33. The Kier molecular flexibility index (Phi) is 5.15. The van der Waals surface area contributed by atoms with Gasteiger partial charge in [0.25, 0.3) is 11.6 Å². The van der Waals surface area contributed by atoms with Gasteiger partial charge in [0, 0.05) is 24.7 Å². The Labute approximate surface area is 116 Å². The molecule has 7 heteroatoms. The number of carbonyl (C=O) groups excluding carboxylic acids is 1. The number of non-ortho nitro benzene ring substituents is 1. The van der Waals surface area contributed by atoms with Crippen LogP contribution < -0.4 is 10.6 Å². The minimum Gasteiger partial charge on any atom is -0.351 e. The topological polar surface area (TPSA) is 84.3 Å². The number of nitro benzene ring substituents is 1. The van der Waals surface area contributed by atoms with Gasteiger partial charge in [0.2, 0.25) is 0 Å². The van der Waals surface area contributed by atoms with E-state index in [4.69, 9.17) is 0 Å². The van der Waals surface area contributed by atoms with Crippen LogP contribution in [0.2, 0.25) is 0 Å². The van der Waals surface area contributed by atoms with Gasteiger partial charge < -0.3 is 10.6 Å². The SMILES string of the molecule is CC(C)(C)NCCNC(=O)c1ccc([N+](=O)[O-])cc1F. The highest BCUT2D eigenvalue weighted by Gasteiger charge is 2.16. The van der Waals surface area contributed by atoms with Crippen molar-refractivity contribution >= 4 is 11.6 Å². The molecule has 0 aliphatic heterocycles. The maximum Gasteiger partial charge on any atom is 0.272 e. The normalized spacial score (nSPS) is 11.2. The molecule has 0 heterocycles. The number of halogens is 1. The molecule has 0 atom stereocenters. The predicted octanol–water partition coefficient (Wildman–Crippen LogP) is 1.85. The Hall–Kier alpha value is -2.02. The van der Waals surface area contributed by atoms with Gasteiger partial charge in [0.05, 0.1) is 16.6 Å². The lowest BCUT2D eigenvalue weighted by molar-refractivity contribution is -0.385. The van der Waals surface area contributed by atoms with Crippen LogP contribution in [0, 0.1) is 15.9 Å². The molecule has 0 fully saturated rings. The maximum atomic E-state index is 13.6. The second-order valence-corrected chi connectivity index (χ2v) is 5.35. The molecule has 6 nitrogen and oxygen atoms in total. The third kappa shape index (κ3) is 4.93. The molecule has 0 saturated heterocycles. The van der Waals surface area contributed by atoms with Crippen LogP contribution in [0.3, 0.4) is 0 Å². The summed E-state index contributed by atoms with van der Waals surface area (Å²) in [4.78, 5) is 21.5. The van der Waals surface area contributed by atoms with Crippen molar-refractivity contribution in [2.45, 2.75) is 26.3 Å². The van der Waals surface area contributed by atoms with E-state index < -0.39 is 16.6 Å². The van der Waals surface area contributed by atoms with Gasteiger partial charge in [-0.3, -0.25) is 14.9 Å². The number of hydrogen-bond donors (Lipinski definition) is 2. The molecule has 20 heavy (non-hydrogen) atoms. The minimum absolute atomic E-state index is 0.0661. The zero-order valence-electron chi connectivity index (χ0n) is 11.7. The Balaban J connectivity index is 2.58. The molecule has 0 saturated carbocycles. The zero-order chi connectivity index (χ0) is 15.3. The van der Waals surface area contributed by atoms with E-state index in [9.17, 15) is 19.3 Å². The fraction of sp³-hybridized carbons (Fsp3) is 0.462. The summed E-state index contributed by atoms with van der Waals surface area (Å²) in [6.07, 6.45) is 0. The van der Waals surface area contributed by atoms with E-state index in [1.165, 1.54) is 0 Å². The minimum atomic E-state index is -0.902. The van der Waals surface area contributed by atoms with Crippen molar-refractivity contribution in [1.82, 2.24) is 10.6 Å². The van der Waals surface area contributed by atoms with Crippen molar-refractivity contribution in [3.63, 3.8) is 0 Å². The summed E-state index contributed by atoms with van der Waals surface area (Å²) >= 11 is 0. The summed E-state index contributed by atoms with van der Waals surface area (Å²) in [7, 11) is 0. The van der Waals surface area contributed by atoms with Crippen molar-refractivity contribution in [3.8, 4) is 0 Å². The second kappa shape index (κ2) is 6.42. The first kappa shape index (κ1) is 16.0. The Morgan fingerprint density at radius 3 is 2.50 bits per heavy atom. The van der Waals surface area contributed by atoms with Crippen molar-refractivity contribution in [3.05, 3.63) is 39.7 Å². The lowest BCUT2D eigenvalue weighted by Gasteiger charge is -2.20. The van der Waals surface area contributed by atoms with Crippen LogP contribution in [-0.4, -0.2) is 29.5 Å². The number of nitro groups is 1. The maximum absolute atomic E-state index is 13.6. The molecule has 0 aliphatic rings. The zero-order valence-corrected chi connectivity index (χ0v) is 11.7. The van der Waals surface area contributed by atoms with E-state index in [0.29, 0.717) is 13.1 Å². The molecule has 0 unspecified atom stereocenters. The largest absolute Gasteiger partial charge is 0.351 e. The molecule has 2 N–H and O–H groups in total. The monoisotopic (exact) mass is 283 g/mol. The van der Waals surface area contributed by atoms with Gasteiger partial charge in [0.15, 0.2) is 0 Å². The lowest BCUT2D eigenvalue weighted by atomic mass is 10.1. The first-order valence-electron chi connectivity index (χ1n) is 6.18. The summed E-state index contributed by atoms with van der Waals surface area (Å²) in [6.45, 7) is 6.86. The fourth-order valence-corrected chi connectivity index (χ4v) is 1.51. The van der Waals surface area contributed by atoms with E-state index in [2.05, 4.69) is 10.6 Å². The van der Waals surface area contributed by atoms with Crippen LogP contribution in [0.4, 0.5) is 10.1 Å². The molecule has 1 aromatic rings. The molecule has 0 spiro atoms. The van der Waals surface area contributed by atoms with E-state index in [0.717, 1.165) is 18.2 Å². The predicted molar refractivity (Wildman–Crippen MR) is 73.1 cm³/mol. The van der Waals surface area contributed by atoms with Gasteiger partial charge in [-0.15, -0.1) is 0 Å². The number of rotatable bonds is 5. The van der Waals surface area contributed by atoms with Crippen molar-refractivity contribution in [2.24, 2.45) is 0 Å². The highest BCUT2D eigenvalue weighted by Crippen LogP contribution is 2.16. The quantitative estimate of drug-likeness (QED) is 0.490. The van der Waals surface area contributed by atoms with E-state index in [1.54, 1.807) is 0 Å². The molecule has 0 bridgehead atoms. The van der Waals surface area contributed by atoms with Crippen LogP contribution in [0.15, 0.2) is 18.2 Å². The number of amides is 1. The smallest absolute Gasteiger partial charge is 0.272 e. The van der Waals surface area contributed by atoms with Gasteiger partial charge in [-0.05, 0) is 26.8 Å².